The number of hydrogen-bond acceptors (Lipinski definition) is 0. The average Bonchev–Trinajstić information content (AvgIpc) is 1.38. The third-order valence-corrected chi connectivity index (χ3v) is 0.866. The highest BCUT2D eigenvalue weighted by Crippen LogP contribution is 1.88. The van der Waals surface area contributed by atoms with E-state index in [0.717, 1.165) is 0 Å². The van der Waals surface area contributed by atoms with Crippen molar-refractivity contribution in [3.8, 4) is 0 Å². The topological polar surface area (TPSA) is 0 Å². The molecule has 0 aliphatic carbocycles. The minimum Gasteiger partial charge on any atom is -0.150 e. The van der Waals surface area contributed by atoms with Crippen molar-refractivity contribution < 1.29 is 0 Å². The minimum absolute atomic E-state index is 0.316. The first-order valence-electron chi connectivity index (χ1n) is 1.37. The van der Waals surface area contributed by atoms with Gasteiger partial charge in [-0.2, -0.15) is 0 Å². The lowest BCUT2D eigenvalue weighted by Gasteiger charge is -1.71. The van der Waals surface area contributed by atoms with E-state index in [-0.39, 0.29) is 0 Å². The second kappa shape index (κ2) is 2.25. The van der Waals surface area contributed by atoms with Gasteiger partial charge in [0.1, 0.15) is 0 Å². The van der Waals surface area contributed by atoms with Crippen LogP contribution in [0.25, 0.3) is 0 Å². The lowest BCUT2D eigenvalue weighted by atomic mass is 11.3. The van der Waals surface area contributed by atoms with Crippen molar-refractivity contribution in [1.82, 2.24) is 0 Å². The molecular weight excluding hydrogens is 80.1 g/mol. The monoisotopic (exact) mass is 88.0 g/mol. The first-order valence-corrected chi connectivity index (χ1v) is 3.42. The molecule has 0 saturated carbocycles. The summed E-state index contributed by atoms with van der Waals surface area (Å²) in [5.41, 5.74) is 0. The van der Waals surface area contributed by atoms with Gasteiger partial charge in [-0.25, -0.2) is 0 Å². The van der Waals surface area contributed by atoms with Crippen molar-refractivity contribution in [1.29, 1.82) is 0 Å². The maximum atomic E-state index is 3.45. The number of hydrogen-bond donors (Lipinski definition) is 0. The van der Waals surface area contributed by atoms with Gasteiger partial charge < -0.3 is 0 Å². The van der Waals surface area contributed by atoms with E-state index in [1.165, 1.54) is 0 Å². The normalized spacial score (nSPS) is 7.80. The molecule has 0 aromatic heterocycles. The Morgan fingerprint density at radius 2 is 1.80 bits per heavy atom. The largest absolute Gasteiger partial charge is 0.150 e. The summed E-state index contributed by atoms with van der Waals surface area (Å²) in [4.78, 5) is 0. The van der Waals surface area contributed by atoms with Gasteiger partial charge in [0.2, 0.25) is 0 Å². The molecule has 0 saturated heterocycles. The molecule has 0 nitrogen and oxygen atoms in total. The van der Waals surface area contributed by atoms with Crippen molar-refractivity contribution in [2.75, 3.05) is 12.5 Å². The first-order chi connectivity index (χ1) is 2.27. The Morgan fingerprint density at radius 3 is 1.80 bits per heavy atom. The van der Waals surface area contributed by atoms with Crippen LogP contribution in [0.1, 0.15) is 0 Å². The second-order valence-electron chi connectivity index (χ2n) is 0.961. The molecule has 0 atom stereocenters. The molecule has 1 heteroatoms. The van der Waals surface area contributed by atoms with Gasteiger partial charge in [-0.1, -0.05) is 11.6 Å². The Labute approximate surface area is 35.4 Å². The summed E-state index contributed by atoms with van der Waals surface area (Å²) in [6.45, 7) is 3.45. The van der Waals surface area contributed by atoms with Gasteiger partial charge in [-0.3, -0.25) is 0 Å². The second-order valence-corrected chi connectivity index (χ2v) is 2.88. The molecule has 0 amide bonds. The first kappa shape index (κ1) is 5.00. The van der Waals surface area contributed by atoms with Gasteiger partial charge in [0.25, 0.3) is 0 Å². The van der Waals surface area contributed by atoms with Crippen LogP contribution in [0.5, 0.6) is 0 Å². The summed E-state index contributed by atoms with van der Waals surface area (Å²) in [7, 11) is 0.316. The van der Waals surface area contributed by atoms with Crippen LogP contribution in [-0.2, 0) is 0 Å². The molecule has 30 valence electrons. The van der Waals surface area contributed by atoms with Crippen molar-refractivity contribution in [3.63, 3.8) is 0 Å². The Hall–Kier alpha value is 0. The van der Waals surface area contributed by atoms with E-state index < -0.39 is 0 Å². The van der Waals surface area contributed by atoms with E-state index >= 15 is 0 Å². The lowest BCUT2D eigenvalue weighted by molar-refractivity contribution is 2.35. The minimum atomic E-state index is 0.316. The molecule has 0 bridgehead atoms. The summed E-state index contributed by atoms with van der Waals surface area (Å²) in [5.74, 6) is 0. The van der Waals surface area contributed by atoms with Crippen molar-refractivity contribution in [3.05, 3.63) is 6.58 Å². The van der Waals surface area contributed by atoms with E-state index in [1.54, 1.807) is 0 Å². The van der Waals surface area contributed by atoms with Crippen LogP contribution in [0.15, 0.2) is 6.58 Å². The highest BCUT2D eigenvalue weighted by atomic mass is 32.2. The van der Waals surface area contributed by atoms with Crippen molar-refractivity contribution in [2.45, 2.75) is 0 Å². The van der Waals surface area contributed by atoms with E-state index in [2.05, 4.69) is 24.1 Å². The smallest absolute Gasteiger partial charge is 0.0167 e. The SMILES string of the molecule is C=C=S(C)C. The molecule has 0 aromatic rings. The molecule has 0 aliphatic rings. The average molecular weight is 88.2 g/mol. The Morgan fingerprint density at radius 1 is 1.60 bits per heavy atom. The van der Waals surface area contributed by atoms with Gasteiger partial charge in [0, 0.05) is 0 Å². The van der Waals surface area contributed by atoms with Crippen LogP contribution in [0, 0.1) is 0 Å². The Bertz CT molecular complexity index is 63.7. The van der Waals surface area contributed by atoms with Crippen molar-refractivity contribution >= 4 is 15.5 Å². The fraction of sp³-hybridized carbons (Fsp3) is 0.500. The predicted octanol–water partition coefficient (Wildman–Crippen LogP) is 1.10. The molecule has 0 rings (SSSR count). The van der Waals surface area contributed by atoms with Gasteiger partial charge in [0.05, 0.1) is 0 Å². The van der Waals surface area contributed by atoms with Crippen LogP contribution < -0.4 is 0 Å². The van der Waals surface area contributed by atoms with Gasteiger partial charge >= 0.3 is 0 Å². The van der Waals surface area contributed by atoms with Crippen LogP contribution in [0.4, 0.5) is 0 Å². The van der Waals surface area contributed by atoms with E-state index in [0.29, 0.717) is 10.5 Å². The Kier molecular flexibility index (Phi) is 2.25. The van der Waals surface area contributed by atoms with E-state index in [4.69, 9.17) is 0 Å². The zero-order valence-corrected chi connectivity index (χ0v) is 4.43. The summed E-state index contributed by atoms with van der Waals surface area (Å²) in [6, 6.07) is 0. The zero-order chi connectivity index (χ0) is 4.28. The standard InChI is InChI=1S/C4H8S/c1-4-5(2)3/h1H2,2-3H3. The van der Waals surface area contributed by atoms with Crippen LogP contribution >= 0.6 is 10.5 Å². The molecular formula is C4H8S. The van der Waals surface area contributed by atoms with Gasteiger partial charge in [-0.05, 0) is 12.5 Å². The molecule has 0 fully saturated rings. The fourth-order valence-electron chi connectivity index (χ4n) is 0. The van der Waals surface area contributed by atoms with Crippen molar-refractivity contribution in [2.24, 2.45) is 0 Å². The molecule has 0 radical (unpaired) electrons. The molecule has 0 spiro atoms. The molecule has 0 N–H and O–H groups in total. The summed E-state index contributed by atoms with van der Waals surface area (Å²) < 4.78 is 0. The predicted molar refractivity (Wildman–Crippen MR) is 30.1 cm³/mol. The van der Waals surface area contributed by atoms with E-state index in [1.807, 2.05) is 0 Å². The summed E-state index contributed by atoms with van der Waals surface area (Å²) in [6.07, 6.45) is 4.15. The Balaban J connectivity index is 3.60. The highest BCUT2D eigenvalue weighted by molar-refractivity contribution is 8.13. The zero-order valence-electron chi connectivity index (χ0n) is 3.62. The fourth-order valence-corrected chi connectivity index (χ4v) is 0. The van der Waals surface area contributed by atoms with Crippen LogP contribution in [0.3, 0.4) is 0 Å². The molecule has 0 unspecified atom stereocenters. The summed E-state index contributed by atoms with van der Waals surface area (Å²) >= 11 is 0. The van der Waals surface area contributed by atoms with Gasteiger partial charge in [-0.15, -0.1) is 10.5 Å². The van der Waals surface area contributed by atoms with Crippen LogP contribution in [0.2, 0.25) is 0 Å². The highest BCUT2D eigenvalue weighted by Gasteiger charge is 1.53. The summed E-state index contributed by atoms with van der Waals surface area (Å²) in [5, 5.41) is 2.81. The quantitative estimate of drug-likeness (QED) is 0.389. The third kappa shape index (κ3) is 4.00. The lowest BCUT2D eigenvalue weighted by Crippen LogP contribution is -1.48. The van der Waals surface area contributed by atoms with Crippen LogP contribution in [-0.4, -0.2) is 17.5 Å². The number of rotatable bonds is 0. The molecule has 5 heavy (non-hydrogen) atoms. The molecule has 0 aliphatic heterocycles. The molecule has 0 heterocycles. The maximum absolute atomic E-state index is 3.45. The van der Waals surface area contributed by atoms with Gasteiger partial charge in [0.15, 0.2) is 0 Å². The van der Waals surface area contributed by atoms with E-state index in [9.17, 15) is 0 Å². The maximum Gasteiger partial charge on any atom is -0.0167 e. The third-order valence-electron chi connectivity index (χ3n) is 0.289. The molecule has 0 aromatic carbocycles.